The molecule has 0 aliphatic heterocycles. The summed E-state index contributed by atoms with van der Waals surface area (Å²) in [6.45, 7) is 1.83. The van der Waals surface area contributed by atoms with E-state index in [0.29, 0.717) is 5.56 Å². The van der Waals surface area contributed by atoms with Crippen LogP contribution in [0.15, 0.2) is 47.6 Å². The lowest BCUT2D eigenvalue weighted by Crippen LogP contribution is -2.07. The highest BCUT2D eigenvalue weighted by Crippen LogP contribution is 2.18. The second kappa shape index (κ2) is 5.42. The Morgan fingerprint density at radius 1 is 1.25 bits per heavy atom. The number of rotatable bonds is 4. The number of benzene rings is 1. The van der Waals surface area contributed by atoms with Gasteiger partial charge in [0.25, 0.3) is 0 Å². The zero-order chi connectivity index (χ0) is 14.8. The van der Waals surface area contributed by atoms with E-state index in [-0.39, 0.29) is 16.2 Å². The van der Waals surface area contributed by atoms with Gasteiger partial charge in [-0.3, -0.25) is 4.98 Å². The van der Waals surface area contributed by atoms with E-state index in [1.54, 1.807) is 12.3 Å². The molecule has 0 aliphatic rings. The third-order valence-corrected chi connectivity index (χ3v) is 4.41. The Hall–Kier alpha value is -2.21. The number of aromatic nitrogens is 1. The van der Waals surface area contributed by atoms with Crippen molar-refractivity contribution in [2.45, 2.75) is 17.6 Å². The summed E-state index contributed by atoms with van der Waals surface area (Å²) in [5.41, 5.74) is 1.40. The topological polar surface area (TPSA) is 84.3 Å². The molecule has 1 N–H and O–H groups in total. The molecule has 6 heteroatoms. The van der Waals surface area contributed by atoms with E-state index in [2.05, 4.69) is 4.98 Å². The van der Waals surface area contributed by atoms with Crippen LogP contribution in [-0.4, -0.2) is 24.5 Å². The molecular formula is C14H13NO4S. The van der Waals surface area contributed by atoms with Crippen LogP contribution in [0.2, 0.25) is 0 Å². The molecule has 104 valence electrons. The van der Waals surface area contributed by atoms with Crippen molar-refractivity contribution < 1.29 is 18.3 Å². The number of nitrogens with zero attached hydrogens (tertiary/aromatic N) is 1. The van der Waals surface area contributed by atoms with Crippen LogP contribution in [0.4, 0.5) is 0 Å². The van der Waals surface area contributed by atoms with Gasteiger partial charge in [-0.1, -0.05) is 12.1 Å². The van der Waals surface area contributed by atoms with Crippen molar-refractivity contribution in [2.24, 2.45) is 0 Å². The number of hydrogen-bond acceptors (Lipinski definition) is 4. The van der Waals surface area contributed by atoms with Gasteiger partial charge in [-0.2, -0.15) is 0 Å². The van der Waals surface area contributed by atoms with Gasteiger partial charge in [-0.05, 0) is 36.2 Å². The lowest BCUT2D eigenvalue weighted by Gasteiger charge is -2.06. The Balaban J connectivity index is 2.35. The zero-order valence-corrected chi connectivity index (χ0v) is 11.6. The first-order valence-corrected chi connectivity index (χ1v) is 7.50. The lowest BCUT2D eigenvalue weighted by atomic mass is 10.2. The first-order valence-electron chi connectivity index (χ1n) is 5.85. The summed E-state index contributed by atoms with van der Waals surface area (Å²) < 4.78 is 24.5. The minimum atomic E-state index is -3.59. The number of sulfone groups is 1. The Morgan fingerprint density at radius 3 is 2.65 bits per heavy atom. The van der Waals surface area contributed by atoms with E-state index in [1.807, 2.05) is 6.92 Å². The largest absolute Gasteiger partial charge is 0.478 e. The van der Waals surface area contributed by atoms with Crippen LogP contribution in [-0.2, 0) is 15.6 Å². The molecular weight excluding hydrogens is 278 g/mol. The summed E-state index contributed by atoms with van der Waals surface area (Å²) >= 11 is 0. The Bertz CT molecular complexity index is 753. The molecule has 0 saturated heterocycles. The van der Waals surface area contributed by atoms with Gasteiger partial charge in [-0.15, -0.1) is 0 Å². The number of pyridine rings is 1. The van der Waals surface area contributed by atoms with Crippen molar-refractivity contribution in [3.05, 3.63) is 59.4 Å². The van der Waals surface area contributed by atoms with Crippen molar-refractivity contribution >= 4 is 15.8 Å². The fourth-order valence-corrected chi connectivity index (χ4v) is 3.18. The van der Waals surface area contributed by atoms with E-state index in [9.17, 15) is 13.2 Å². The van der Waals surface area contributed by atoms with E-state index in [0.717, 1.165) is 5.56 Å². The van der Waals surface area contributed by atoms with Crippen LogP contribution in [0.1, 0.15) is 21.5 Å². The minimum Gasteiger partial charge on any atom is -0.478 e. The Labute approximate surface area is 116 Å². The SMILES string of the molecule is Cc1cncc(CS(=O)(=O)c2cccc(C(=O)O)c2)c1. The number of carboxylic acid groups (broad SMARTS) is 1. The second-order valence-electron chi connectivity index (χ2n) is 4.46. The molecule has 0 amide bonds. The van der Waals surface area contributed by atoms with Gasteiger partial charge in [-0.25, -0.2) is 13.2 Å². The maximum absolute atomic E-state index is 12.3. The maximum atomic E-state index is 12.3. The average molecular weight is 291 g/mol. The van der Waals surface area contributed by atoms with Crippen molar-refractivity contribution in [3.8, 4) is 0 Å². The number of aryl methyl sites for hydroxylation is 1. The number of aromatic carboxylic acids is 1. The standard InChI is InChI=1S/C14H13NO4S/c1-10-5-11(8-15-7-10)9-20(18,19)13-4-2-3-12(6-13)14(16)17/h2-8H,9H2,1H3,(H,16,17). The quantitative estimate of drug-likeness (QED) is 0.932. The third-order valence-electron chi connectivity index (χ3n) is 2.73. The summed E-state index contributed by atoms with van der Waals surface area (Å²) in [5.74, 6) is -1.36. The van der Waals surface area contributed by atoms with Gasteiger partial charge < -0.3 is 5.11 Å². The van der Waals surface area contributed by atoms with Crippen LogP contribution in [0.3, 0.4) is 0 Å². The van der Waals surface area contributed by atoms with Gasteiger partial charge in [0.1, 0.15) is 0 Å². The summed E-state index contributed by atoms with van der Waals surface area (Å²) in [5, 5.41) is 8.90. The molecule has 0 aliphatic carbocycles. The van der Waals surface area contributed by atoms with Crippen LogP contribution in [0.5, 0.6) is 0 Å². The van der Waals surface area contributed by atoms with E-state index in [4.69, 9.17) is 5.11 Å². The fraction of sp³-hybridized carbons (Fsp3) is 0.143. The number of carbonyl (C=O) groups is 1. The molecule has 1 aromatic heterocycles. The van der Waals surface area contributed by atoms with Gasteiger partial charge >= 0.3 is 5.97 Å². The average Bonchev–Trinajstić information content (AvgIpc) is 2.38. The van der Waals surface area contributed by atoms with Crippen LogP contribution < -0.4 is 0 Å². The maximum Gasteiger partial charge on any atom is 0.335 e. The normalized spacial score (nSPS) is 11.2. The van der Waals surface area contributed by atoms with Crippen molar-refractivity contribution in [1.29, 1.82) is 0 Å². The predicted molar refractivity (Wildman–Crippen MR) is 73.3 cm³/mol. The molecule has 0 fully saturated rings. The molecule has 0 unspecified atom stereocenters. The molecule has 0 radical (unpaired) electrons. The first kappa shape index (κ1) is 14.2. The van der Waals surface area contributed by atoms with E-state index in [1.165, 1.54) is 30.5 Å². The van der Waals surface area contributed by atoms with Gasteiger partial charge in [0.2, 0.25) is 0 Å². The smallest absolute Gasteiger partial charge is 0.335 e. The molecule has 0 saturated carbocycles. The highest BCUT2D eigenvalue weighted by Gasteiger charge is 2.17. The Kier molecular flexibility index (Phi) is 3.85. The predicted octanol–water partition coefficient (Wildman–Crippen LogP) is 2.06. The van der Waals surface area contributed by atoms with Crippen molar-refractivity contribution in [1.82, 2.24) is 4.98 Å². The number of hydrogen-bond donors (Lipinski definition) is 1. The second-order valence-corrected chi connectivity index (χ2v) is 6.45. The summed E-state index contributed by atoms with van der Waals surface area (Å²) in [7, 11) is -3.59. The number of carboxylic acids is 1. The van der Waals surface area contributed by atoms with Crippen LogP contribution >= 0.6 is 0 Å². The van der Waals surface area contributed by atoms with Crippen molar-refractivity contribution in [3.63, 3.8) is 0 Å². The first-order chi connectivity index (χ1) is 9.38. The molecule has 2 aromatic rings. The van der Waals surface area contributed by atoms with Crippen molar-refractivity contribution in [2.75, 3.05) is 0 Å². The van der Waals surface area contributed by atoms with E-state index < -0.39 is 15.8 Å². The molecule has 1 heterocycles. The third kappa shape index (κ3) is 3.21. The monoisotopic (exact) mass is 291 g/mol. The molecule has 0 spiro atoms. The molecule has 20 heavy (non-hydrogen) atoms. The van der Waals surface area contributed by atoms with Crippen LogP contribution in [0.25, 0.3) is 0 Å². The highest BCUT2D eigenvalue weighted by molar-refractivity contribution is 7.90. The molecule has 5 nitrogen and oxygen atoms in total. The zero-order valence-electron chi connectivity index (χ0n) is 10.8. The summed E-state index contributed by atoms with van der Waals surface area (Å²) in [4.78, 5) is 14.8. The highest BCUT2D eigenvalue weighted by atomic mass is 32.2. The molecule has 0 atom stereocenters. The summed E-state index contributed by atoms with van der Waals surface area (Å²) in [6.07, 6.45) is 3.13. The molecule has 1 aromatic carbocycles. The van der Waals surface area contributed by atoms with Crippen LogP contribution in [0, 0.1) is 6.92 Å². The lowest BCUT2D eigenvalue weighted by molar-refractivity contribution is 0.0696. The minimum absolute atomic E-state index is 0.00101. The van der Waals surface area contributed by atoms with Gasteiger partial charge in [0, 0.05) is 12.4 Å². The fourth-order valence-electron chi connectivity index (χ4n) is 1.82. The van der Waals surface area contributed by atoms with Gasteiger partial charge in [0.15, 0.2) is 9.84 Å². The Morgan fingerprint density at radius 2 is 2.00 bits per heavy atom. The van der Waals surface area contributed by atoms with E-state index >= 15 is 0 Å². The summed E-state index contributed by atoms with van der Waals surface area (Å²) in [6, 6.07) is 7.08. The molecule has 2 rings (SSSR count). The molecule has 0 bridgehead atoms. The van der Waals surface area contributed by atoms with Gasteiger partial charge in [0.05, 0.1) is 16.2 Å².